The summed E-state index contributed by atoms with van der Waals surface area (Å²) in [4.78, 5) is 6.92. The second-order valence-electron chi connectivity index (χ2n) is 8.51. The summed E-state index contributed by atoms with van der Waals surface area (Å²) in [6, 6.07) is 27.5. The van der Waals surface area contributed by atoms with Gasteiger partial charge in [0.05, 0.1) is 17.8 Å². The van der Waals surface area contributed by atoms with Gasteiger partial charge in [-0.15, -0.1) is 0 Å². The van der Waals surface area contributed by atoms with Gasteiger partial charge in [0.1, 0.15) is 0 Å². The number of nitrogens with zero attached hydrogens (tertiary/aromatic N) is 3. The van der Waals surface area contributed by atoms with Gasteiger partial charge in [0.2, 0.25) is 0 Å². The van der Waals surface area contributed by atoms with Gasteiger partial charge in [-0.3, -0.25) is 4.98 Å². The lowest BCUT2D eigenvalue weighted by Crippen LogP contribution is -2.29. The Kier molecular flexibility index (Phi) is 5.73. The molecule has 4 nitrogen and oxygen atoms in total. The molecule has 0 amide bonds. The molecule has 2 aromatic carbocycles. The number of pyridine rings is 1. The molecule has 3 heterocycles. The minimum Gasteiger partial charge on any atom is -0.351 e. The minimum absolute atomic E-state index is 0.00957. The lowest BCUT2D eigenvalue weighted by Gasteiger charge is -2.28. The monoisotopic (exact) mass is 452 g/mol. The summed E-state index contributed by atoms with van der Waals surface area (Å²) in [5.41, 5.74) is 8.27. The number of benzene rings is 2. The van der Waals surface area contributed by atoms with E-state index in [4.69, 9.17) is 12.2 Å². The van der Waals surface area contributed by atoms with Crippen LogP contribution in [0.2, 0.25) is 0 Å². The van der Waals surface area contributed by atoms with Gasteiger partial charge in [-0.1, -0.05) is 43.3 Å². The Morgan fingerprint density at radius 3 is 2.30 bits per heavy atom. The van der Waals surface area contributed by atoms with Crippen LogP contribution < -0.4 is 10.2 Å². The van der Waals surface area contributed by atoms with Crippen molar-refractivity contribution in [3.8, 4) is 5.69 Å². The molecule has 0 saturated carbocycles. The van der Waals surface area contributed by atoms with Crippen molar-refractivity contribution in [3.63, 3.8) is 0 Å². The number of aryl methyl sites for hydroxylation is 2. The number of hydrogen-bond acceptors (Lipinski definition) is 2. The van der Waals surface area contributed by atoms with E-state index in [1.807, 2.05) is 24.4 Å². The normalized spacial score (nSPS) is 17.9. The highest BCUT2D eigenvalue weighted by Crippen LogP contribution is 2.43. The molecule has 1 aliphatic rings. The predicted molar refractivity (Wildman–Crippen MR) is 139 cm³/mol. The van der Waals surface area contributed by atoms with E-state index in [0.717, 1.165) is 22.9 Å². The van der Waals surface area contributed by atoms with E-state index in [9.17, 15) is 0 Å². The van der Waals surface area contributed by atoms with Gasteiger partial charge in [0.15, 0.2) is 5.11 Å². The zero-order valence-corrected chi connectivity index (χ0v) is 20.0. The number of rotatable bonds is 5. The number of thiocarbonyl (C=S) groups is 1. The molecule has 2 atom stereocenters. The van der Waals surface area contributed by atoms with Crippen LogP contribution in [0.1, 0.15) is 47.2 Å². The zero-order valence-electron chi connectivity index (χ0n) is 19.2. The van der Waals surface area contributed by atoms with Crippen LogP contribution in [0.25, 0.3) is 5.69 Å². The molecule has 33 heavy (non-hydrogen) atoms. The van der Waals surface area contributed by atoms with Gasteiger partial charge in [-0.25, -0.2) is 0 Å². The van der Waals surface area contributed by atoms with Crippen LogP contribution in [0.15, 0.2) is 85.1 Å². The highest BCUT2D eigenvalue weighted by atomic mass is 32.1. The summed E-state index contributed by atoms with van der Waals surface area (Å²) in [5.74, 6) is 0. The van der Waals surface area contributed by atoms with Gasteiger partial charge < -0.3 is 14.8 Å². The van der Waals surface area contributed by atoms with Crippen LogP contribution in [0.3, 0.4) is 0 Å². The molecule has 0 radical (unpaired) electrons. The zero-order chi connectivity index (χ0) is 22.9. The average Bonchev–Trinajstić information content (AvgIpc) is 3.35. The first-order chi connectivity index (χ1) is 16.1. The fourth-order valence-electron chi connectivity index (χ4n) is 4.90. The fourth-order valence-corrected chi connectivity index (χ4v) is 5.25. The maximum atomic E-state index is 5.86. The Balaban J connectivity index is 1.65. The van der Waals surface area contributed by atoms with Gasteiger partial charge in [0.25, 0.3) is 0 Å². The third-order valence-corrected chi connectivity index (χ3v) is 6.84. The lowest BCUT2D eigenvalue weighted by molar-refractivity contribution is 0.565. The number of para-hydroxylation sites is 1. The van der Waals surface area contributed by atoms with Crippen molar-refractivity contribution in [1.29, 1.82) is 0 Å². The summed E-state index contributed by atoms with van der Waals surface area (Å²) >= 11 is 5.86. The molecule has 1 aliphatic heterocycles. The molecule has 0 bridgehead atoms. The van der Waals surface area contributed by atoms with Crippen molar-refractivity contribution in [2.45, 2.75) is 39.3 Å². The predicted octanol–water partition coefficient (Wildman–Crippen LogP) is 6.23. The summed E-state index contributed by atoms with van der Waals surface area (Å²) in [7, 11) is 0. The quantitative estimate of drug-likeness (QED) is 0.364. The molecular weight excluding hydrogens is 424 g/mol. The topological polar surface area (TPSA) is 33.1 Å². The van der Waals surface area contributed by atoms with Crippen molar-refractivity contribution in [3.05, 3.63) is 113 Å². The molecule has 1 saturated heterocycles. The molecule has 1 fully saturated rings. The van der Waals surface area contributed by atoms with Crippen LogP contribution in [0.4, 0.5) is 5.69 Å². The molecule has 0 aliphatic carbocycles. The first-order valence-electron chi connectivity index (χ1n) is 11.4. The number of hydrogen-bond donors (Lipinski definition) is 1. The van der Waals surface area contributed by atoms with Gasteiger partial charge >= 0.3 is 0 Å². The van der Waals surface area contributed by atoms with Crippen molar-refractivity contribution in [2.24, 2.45) is 0 Å². The Hall–Kier alpha value is -3.44. The molecule has 166 valence electrons. The summed E-state index contributed by atoms with van der Waals surface area (Å²) in [5, 5.41) is 4.28. The van der Waals surface area contributed by atoms with Crippen molar-refractivity contribution < 1.29 is 0 Å². The first-order valence-corrected chi connectivity index (χ1v) is 11.8. The van der Waals surface area contributed by atoms with Gasteiger partial charge in [0, 0.05) is 29.0 Å². The van der Waals surface area contributed by atoms with Crippen molar-refractivity contribution in [1.82, 2.24) is 14.9 Å². The largest absolute Gasteiger partial charge is 0.351 e. The number of aromatic nitrogens is 2. The third-order valence-electron chi connectivity index (χ3n) is 6.52. The highest BCUT2D eigenvalue weighted by molar-refractivity contribution is 7.80. The van der Waals surface area contributed by atoms with Crippen LogP contribution in [-0.4, -0.2) is 14.7 Å². The fraction of sp³-hybridized carbons (Fsp3) is 0.214. The molecule has 2 unspecified atom stereocenters. The maximum absolute atomic E-state index is 5.86. The van der Waals surface area contributed by atoms with E-state index < -0.39 is 0 Å². The average molecular weight is 453 g/mol. The van der Waals surface area contributed by atoms with E-state index in [1.165, 1.54) is 28.2 Å². The lowest BCUT2D eigenvalue weighted by atomic mass is 9.96. The molecule has 1 N–H and O–H groups in total. The van der Waals surface area contributed by atoms with Crippen LogP contribution in [0, 0.1) is 13.8 Å². The molecule has 4 aromatic rings. The van der Waals surface area contributed by atoms with E-state index in [-0.39, 0.29) is 12.1 Å². The Morgan fingerprint density at radius 1 is 0.909 bits per heavy atom. The maximum Gasteiger partial charge on any atom is 0.174 e. The third kappa shape index (κ3) is 3.83. The van der Waals surface area contributed by atoms with Crippen molar-refractivity contribution >= 4 is 23.0 Å². The molecule has 2 aromatic heterocycles. The standard InChI is InChI=1S/C28H28N4S/c1-4-21-13-15-23(16-14-21)31-19(2)18-24(20(31)3)27-26(25-12-8-9-17-29-25)30-28(33)32(27)22-10-6-5-7-11-22/h5-18,26-27H,4H2,1-3H3,(H,30,33). The SMILES string of the molecule is CCc1ccc(-n2c(C)cc(C3C(c4ccccn4)NC(=S)N3c3ccccc3)c2C)cc1. The summed E-state index contributed by atoms with van der Waals surface area (Å²) in [6.07, 6.45) is 2.89. The van der Waals surface area contributed by atoms with E-state index in [0.29, 0.717) is 0 Å². The van der Waals surface area contributed by atoms with E-state index >= 15 is 0 Å². The van der Waals surface area contributed by atoms with Gasteiger partial charge in [-0.2, -0.15) is 0 Å². The van der Waals surface area contributed by atoms with Crippen LogP contribution in [-0.2, 0) is 6.42 Å². The minimum atomic E-state index is -0.0460. The smallest absolute Gasteiger partial charge is 0.174 e. The molecule has 5 heteroatoms. The van der Waals surface area contributed by atoms with E-state index in [1.54, 1.807) is 0 Å². The number of anilines is 1. The molecule has 5 rings (SSSR count). The van der Waals surface area contributed by atoms with E-state index in [2.05, 4.69) is 101 Å². The second kappa shape index (κ2) is 8.83. The van der Waals surface area contributed by atoms with Gasteiger partial charge in [-0.05, 0) is 86.1 Å². The molecular formula is C28H28N4S. The first kappa shape index (κ1) is 21.4. The summed E-state index contributed by atoms with van der Waals surface area (Å²) in [6.45, 7) is 6.56. The molecule has 0 spiro atoms. The van der Waals surface area contributed by atoms with Crippen LogP contribution >= 0.6 is 12.2 Å². The summed E-state index contributed by atoms with van der Waals surface area (Å²) < 4.78 is 2.34. The van der Waals surface area contributed by atoms with Crippen molar-refractivity contribution in [2.75, 3.05) is 4.90 Å². The number of nitrogens with one attached hydrogen (secondary N) is 1. The second-order valence-corrected chi connectivity index (χ2v) is 8.90. The van der Waals surface area contributed by atoms with Crippen LogP contribution in [0.5, 0.6) is 0 Å². The Labute approximate surface area is 200 Å². The highest BCUT2D eigenvalue weighted by Gasteiger charge is 2.42. The Bertz CT molecular complexity index is 1260. The Morgan fingerprint density at radius 2 is 1.64 bits per heavy atom.